The summed E-state index contributed by atoms with van der Waals surface area (Å²) in [5.41, 5.74) is 1.56. The van der Waals surface area contributed by atoms with Gasteiger partial charge in [0.1, 0.15) is 5.01 Å². The van der Waals surface area contributed by atoms with Gasteiger partial charge >= 0.3 is 6.03 Å². The highest BCUT2D eigenvalue weighted by Crippen LogP contribution is 2.30. The van der Waals surface area contributed by atoms with E-state index in [2.05, 4.69) is 20.8 Å². The SMILES string of the molecule is CC(c1ccccc1)c1nnc(NC(=O)Nc2cccc(Cl)c2Cl)s1. The van der Waals surface area contributed by atoms with E-state index in [1.54, 1.807) is 18.2 Å². The van der Waals surface area contributed by atoms with Crippen molar-refractivity contribution in [1.29, 1.82) is 0 Å². The van der Waals surface area contributed by atoms with E-state index in [-0.39, 0.29) is 10.9 Å². The predicted molar refractivity (Wildman–Crippen MR) is 103 cm³/mol. The third kappa shape index (κ3) is 4.28. The van der Waals surface area contributed by atoms with Gasteiger partial charge in [0, 0.05) is 5.92 Å². The Bertz CT molecular complexity index is 885. The lowest BCUT2D eigenvalue weighted by atomic mass is 10.0. The van der Waals surface area contributed by atoms with Crippen molar-refractivity contribution in [2.45, 2.75) is 12.8 Å². The highest BCUT2D eigenvalue weighted by atomic mass is 35.5. The summed E-state index contributed by atoms with van der Waals surface area (Å²) in [5, 5.41) is 15.4. The minimum Gasteiger partial charge on any atom is -0.306 e. The molecule has 25 heavy (non-hydrogen) atoms. The van der Waals surface area contributed by atoms with Crippen molar-refractivity contribution in [3.05, 3.63) is 69.1 Å². The molecule has 3 aromatic rings. The van der Waals surface area contributed by atoms with Crippen LogP contribution >= 0.6 is 34.5 Å². The molecule has 1 atom stereocenters. The lowest BCUT2D eigenvalue weighted by Gasteiger charge is -2.08. The van der Waals surface area contributed by atoms with Crippen LogP contribution in [0.2, 0.25) is 10.0 Å². The van der Waals surface area contributed by atoms with Crippen LogP contribution in [0.1, 0.15) is 23.4 Å². The van der Waals surface area contributed by atoms with Crippen molar-refractivity contribution >= 4 is 51.4 Å². The predicted octanol–water partition coefficient (Wildman–Crippen LogP) is 5.64. The van der Waals surface area contributed by atoms with Gasteiger partial charge in [0.25, 0.3) is 0 Å². The molecule has 1 aromatic heterocycles. The number of carbonyl (C=O) groups is 1. The molecule has 0 bridgehead atoms. The van der Waals surface area contributed by atoms with Crippen LogP contribution in [0.4, 0.5) is 15.6 Å². The van der Waals surface area contributed by atoms with Crippen molar-refractivity contribution in [2.75, 3.05) is 10.6 Å². The molecule has 1 unspecified atom stereocenters. The summed E-state index contributed by atoms with van der Waals surface area (Å²) in [6.07, 6.45) is 0. The number of hydrogen-bond acceptors (Lipinski definition) is 4. The molecular weight excluding hydrogens is 379 g/mol. The van der Waals surface area contributed by atoms with Gasteiger partial charge in [-0.15, -0.1) is 10.2 Å². The van der Waals surface area contributed by atoms with Crippen LogP contribution in [-0.4, -0.2) is 16.2 Å². The summed E-state index contributed by atoms with van der Waals surface area (Å²) in [5.74, 6) is 0.0969. The van der Waals surface area contributed by atoms with Crippen LogP contribution < -0.4 is 10.6 Å². The number of rotatable bonds is 4. The van der Waals surface area contributed by atoms with Gasteiger partial charge in [0.05, 0.1) is 15.7 Å². The second kappa shape index (κ2) is 7.82. The molecule has 128 valence electrons. The monoisotopic (exact) mass is 392 g/mol. The number of urea groups is 1. The zero-order valence-corrected chi connectivity index (χ0v) is 15.5. The average molecular weight is 393 g/mol. The third-order valence-electron chi connectivity index (χ3n) is 3.53. The van der Waals surface area contributed by atoms with E-state index >= 15 is 0 Å². The van der Waals surface area contributed by atoms with Gasteiger partial charge < -0.3 is 5.32 Å². The number of halogens is 2. The molecule has 2 aromatic carbocycles. The van der Waals surface area contributed by atoms with E-state index in [0.29, 0.717) is 15.8 Å². The first kappa shape index (κ1) is 17.7. The van der Waals surface area contributed by atoms with Crippen molar-refractivity contribution in [1.82, 2.24) is 10.2 Å². The Morgan fingerprint density at radius 1 is 1.04 bits per heavy atom. The summed E-state index contributed by atoms with van der Waals surface area (Å²) in [4.78, 5) is 12.1. The number of nitrogens with zero attached hydrogens (tertiary/aromatic N) is 2. The summed E-state index contributed by atoms with van der Waals surface area (Å²) in [6.45, 7) is 2.05. The minimum atomic E-state index is -0.459. The summed E-state index contributed by atoms with van der Waals surface area (Å²) < 4.78 is 0. The highest BCUT2D eigenvalue weighted by molar-refractivity contribution is 7.15. The van der Waals surface area contributed by atoms with Crippen molar-refractivity contribution in [2.24, 2.45) is 0 Å². The standard InChI is InChI=1S/C17H14Cl2N4OS/c1-10(11-6-3-2-4-7-11)15-22-23-17(25-15)21-16(24)20-13-9-5-8-12(18)14(13)19/h2-10H,1H3,(H2,20,21,23,24). The maximum atomic E-state index is 12.1. The Hall–Kier alpha value is -2.15. The third-order valence-corrected chi connectivity index (χ3v) is 5.37. The van der Waals surface area contributed by atoms with Crippen LogP contribution in [0, 0.1) is 0 Å². The highest BCUT2D eigenvalue weighted by Gasteiger charge is 2.16. The molecule has 0 aliphatic rings. The largest absolute Gasteiger partial charge is 0.325 e. The van der Waals surface area contributed by atoms with Crippen LogP contribution in [0.5, 0.6) is 0 Å². The van der Waals surface area contributed by atoms with E-state index in [4.69, 9.17) is 23.2 Å². The maximum absolute atomic E-state index is 12.1. The van der Waals surface area contributed by atoms with Gasteiger partial charge in [0.15, 0.2) is 0 Å². The fourth-order valence-corrected chi connectivity index (χ4v) is 3.36. The molecule has 3 rings (SSSR count). The topological polar surface area (TPSA) is 66.9 Å². The Morgan fingerprint density at radius 2 is 1.80 bits per heavy atom. The van der Waals surface area contributed by atoms with Crippen molar-refractivity contribution < 1.29 is 4.79 Å². The van der Waals surface area contributed by atoms with Gasteiger partial charge in [-0.25, -0.2) is 4.79 Å². The Balaban J connectivity index is 1.67. The van der Waals surface area contributed by atoms with Gasteiger partial charge in [-0.05, 0) is 17.7 Å². The quantitative estimate of drug-likeness (QED) is 0.603. The Labute approximate surface area is 159 Å². The van der Waals surface area contributed by atoms with Crippen LogP contribution in [-0.2, 0) is 0 Å². The first-order valence-corrected chi connectivity index (χ1v) is 9.02. The number of hydrogen-bond donors (Lipinski definition) is 2. The number of nitrogens with one attached hydrogen (secondary N) is 2. The summed E-state index contributed by atoms with van der Waals surface area (Å²) in [7, 11) is 0. The van der Waals surface area contributed by atoms with E-state index in [1.165, 1.54) is 11.3 Å². The van der Waals surface area contributed by atoms with Gasteiger partial charge in [-0.3, -0.25) is 5.32 Å². The van der Waals surface area contributed by atoms with Gasteiger partial charge in [0.2, 0.25) is 5.13 Å². The number of carbonyl (C=O) groups excluding carboxylic acids is 1. The van der Waals surface area contributed by atoms with E-state index in [9.17, 15) is 4.79 Å². The maximum Gasteiger partial charge on any atom is 0.325 e. The van der Waals surface area contributed by atoms with Crippen molar-refractivity contribution in [3.63, 3.8) is 0 Å². The normalized spacial score (nSPS) is 11.8. The molecule has 2 N–H and O–H groups in total. The minimum absolute atomic E-state index is 0.0969. The molecule has 0 aliphatic heterocycles. The fourth-order valence-electron chi connectivity index (χ4n) is 2.20. The number of benzene rings is 2. The van der Waals surface area contributed by atoms with E-state index < -0.39 is 6.03 Å². The van der Waals surface area contributed by atoms with E-state index in [0.717, 1.165) is 10.6 Å². The molecule has 0 fully saturated rings. The lowest BCUT2D eigenvalue weighted by molar-refractivity contribution is 0.262. The molecule has 0 aliphatic carbocycles. The molecule has 1 heterocycles. The zero-order valence-electron chi connectivity index (χ0n) is 13.2. The number of anilines is 2. The van der Waals surface area contributed by atoms with E-state index in [1.807, 2.05) is 37.3 Å². The summed E-state index contributed by atoms with van der Waals surface area (Å²) in [6, 6.07) is 14.6. The lowest BCUT2D eigenvalue weighted by Crippen LogP contribution is -2.19. The first-order chi connectivity index (χ1) is 12.0. The first-order valence-electron chi connectivity index (χ1n) is 7.45. The second-order valence-electron chi connectivity index (χ2n) is 5.26. The molecular formula is C17H14Cl2N4OS. The number of aromatic nitrogens is 2. The molecule has 5 nitrogen and oxygen atoms in total. The molecule has 2 amide bonds. The Kier molecular flexibility index (Phi) is 5.53. The number of amides is 2. The van der Waals surface area contributed by atoms with Crippen molar-refractivity contribution in [3.8, 4) is 0 Å². The zero-order chi connectivity index (χ0) is 17.8. The Morgan fingerprint density at radius 3 is 2.56 bits per heavy atom. The smallest absolute Gasteiger partial charge is 0.306 e. The molecule has 0 radical (unpaired) electrons. The van der Waals surface area contributed by atoms with Crippen LogP contribution in [0.15, 0.2) is 48.5 Å². The summed E-state index contributed by atoms with van der Waals surface area (Å²) >= 11 is 13.3. The fraction of sp³-hybridized carbons (Fsp3) is 0.118. The van der Waals surface area contributed by atoms with Gasteiger partial charge in [-0.1, -0.05) is 77.9 Å². The molecule has 8 heteroatoms. The van der Waals surface area contributed by atoms with Gasteiger partial charge in [-0.2, -0.15) is 0 Å². The molecule has 0 saturated carbocycles. The van der Waals surface area contributed by atoms with Crippen LogP contribution in [0.25, 0.3) is 0 Å². The second-order valence-corrected chi connectivity index (χ2v) is 7.05. The van der Waals surface area contributed by atoms with Crippen LogP contribution in [0.3, 0.4) is 0 Å². The molecule has 0 saturated heterocycles. The average Bonchev–Trinajstić information content (AvgIpc) is 3.07. The molecule has 0 spiro atoms.